The number of carbonyl (C=O) groups excluding carboxylic acids is 3. The van der Waals surface area contributed by atoms with E-state index in [1.165, 1.54) is 11.3 Å². The highest BCUT2D eigenvalue weighted by molar-refractivity contribution is 7.14. The van der Waals surface area contributed by atoms with E-state index in [4.69, 9.17) is 9.72 Å². The molecule has 1 saturated heterocycles. The zero-order chi connectivity index (χ0) is 29.5. The van der Waals surface area contributed by atoms with Crippen LogP contribution in [0.2, 0.25) is 0 Å². The lowest BCUT2D eigenvalue weighted by molar-refractivity contribution is -0.127. The largest absolute Gasteiger partial charge is 0.445 e. The lowest BCUT2D eigenvalue weighted by Gasteiger charge is -2.32. The van der Waals surface area contributed by atoms with Crippen molar-refractivity contribution in [3.05, 3.63) is 47.9 Å². The maximum Gasteiger partial charge on any atom is 0.410 e. The van der Waals surface area contributed by atoms with E-state index < -0.39 is 6.04 Å². The summed E-state index contributed by atoms with van der Waals surface area (Å²) < 4.78 is 5.12. The second kappa shape index (κ2) is 13.8. The molecule has 2 saturated carbocycles. The predicted molar refractivity (Wildman–Crippen MR) is 161 cm³/mol. The van der Waals surface area contributed by atoms with Gasteiger partial charge in [-0.15, -0.1) is 11.3 Å². The topological polar surface area (TPSA) is 136 Å². The molecule has 2 aliphatic carbocycles. The van der Waals surface area contributed by atoms with Gasteiger partial charge in [-0.25, -0.2) is 9.78 Å². The van der Waals surface area contributed by atoms with E-state index in [0.29, 0.717) is 25.1 Å². The third-order valence-corrected chi connectivity index (χ3v) is 9.08. The molecule has 2 heterocycles. The van der Waals surface area contributed by atoms with Crippen molar-refractivity contribution in [3.8, 4) is 17.3 Å². The highest BCUT2D eigenvalue weighted by atomic mass is 32.1. The van der Waals surface area contributed by atoms with Crippen LogP contribution in [0, 0.1) is 23.2 Å². The molecule has 3 amide bonds. The van der Waals surface area contributed by atoms with Crippen LogP contribution < -0.4 is 16.0 Å². The number of nitrogens with zero attached hydrogens (tertiary/aromatic N) is 3. The number of likely N-dealkylation sites (tertiary alicyclic amines) is 1. The Kier molecular flexibility index (Phi) is 9.74. The standard InChI is InChI=1S/C31H38N6O4S/c1-2-17-41-31(40)37-15-13-23(14-16-37)33-30-36-27(19-42-30)21-9-11-22(12-10-21)28(38)34-25-6-4-3-5-24(25)29(39)35-26(18-32)20-7-8-20/h2,9-12,19-20,23-26H,1,3-8,13-17H2,(H,33,36)(H,34,38)(H,35,39)/t24-,25+,26?/m1/s1. The fraction of sp³-hybridized carbons (Fsp3) is 0.516. The van der Waals surface area contributed by atoms with Crippen LogP contribution in [-0.4, -0.2) is 65.6 Å². The fourth-order valence-electron chi connectivity index (χ4n) is 5.68. The van der Waals surface area contributed by atoms with Crippen LogP contribution >= 0.6 is 11.3 Å². The first-order valence-corrected chi connectivity index (χ1v) is 15.7. The van der Waals surface area contributed by atoms with Crippen molar-refractivity contribution in [3.63, 3.8) is 0 Å². The highest BCUT2D eigenvalue weighted by Crippen LogP contribution is 2.33. The molecule has 0 bridgehead atoms. The fourth-order valence-corrected chi connectivity index (χ4v) is 6.48. The van der Waals surface area contributed by atoms with Gasteiger partial charge in [0, 0.05) is 41.7 Å². The quantitative estimate of drug-likeness (QED) is 0.341. The summed E-state index contributed by atoms with van der Waals surface area (Å²) in [5.74, 6) is -0.392. The van der Waals surface area contributed by atoms with Gasteiger partial charge in [-0.2, -0.15) is 5.26 Å². The number of benzene rings is 1. The minimum Gasteiger partial charge on any atom is -0.445 e. The van der Waals surface area contributed by atoms with Gasteiger partial charge in [0.15, 0.2) is 5.13 Å². The first kappa shape index (κ1) is 29.6. The number of nitriles is 1. The number of carbonyl (C=O) groups is 3. The molecule has 3 N–H and O–H groups in total. The maximum atomic E-state index is 13.1. The van der Waals surface area contributed by atoms with Crippen LogP contribution in [-0.2, 0) is 9.53 Å². The van der Waals surface area contributed by atoms with Crippen LogP contribution in [0.15, 0.2) is 42.3 Å². The van der Waals surface area contributed by atoms with E-state index in [0.717, 1.165) is 61.3 Å². The van der Waals surface area contributed by atoms with Crippen molar-refractivity contribution in [1.82, 2.24) is 20.5 Å². The van der Waals surface area contributed by atoms with Crippen LogP contribution in [0.5, 0.6) is 0 Å². The summed E-state index contributed by atoms with van der Waals surface area (Å²) in [6, 6.07) is 9.11. The SMILES string of the molecule is C=CCOC(=O)N1CCC(Nc2nc(-c3ccc(C(=O)N[C@H]4CCCC[C@H]4C(=O)NC(C#N)C4CC4)cc3)cs2)CC1. The summed E-state index contributed by atoms with van der Waals surface area (Å²) in [5, 5.41) is 21.7. The van der Waals surface area contributed by atoms with E-state index in [1.54, 1.807) is 23.1 Å². The lowest BCUT2D eigenvalue weighted by Crippen LogP contribution is -2.50. The molecular formula is C31H38N6O4S. The molecule has 3 fully saturated rings. The van der Waals surface area contributed by atoms with Gasteiger partial charge in [0.25, 0.3) is 5.91 Å². The van der Waals surface area contributed by atoms with E-state index >= 15 is 0 Å². The summed E-state index contributed by atoms with van der Waals surface area (Å²) in [5.41, 5.74) is 2.27. The molecule has 1 unspecified atom stereocenters. The first-order valence-electron chi connectivity index (χ1n) is 14.8. The Morgan fingerprint density at radius 1 is 1.12 bits per heavy atom. The molecule has 10 nitrogen and oxygen atoms in total. The smallest absolute Gasteiger partial charge is 0.410 e. The van der Waals surface area contributed by atoms with Crippen molar-refractivity contribution in [2.75, 3.05) is 25.0 Å². The number of hydrogen-bond acceptors (Lipinski definition) is 8. The lowest BCUT2D eigenvalue weighted by atomic mass is 9.83. The minimum absolute atomic E-state index is 0.127. The third kappa shape index (κ3) is 7.48. The molecule has 11 heteroatoms. The Balaban J connectivity index is 1.12. The summed E-state index contributed by atoms with van der Waals surface area (Å²) in [4.78, 5) is 44.6. The normalized spacial score (nSPS) is 21.5. The van der Waals surface area contributed by atoms with Gasteiger partial charge in [0.05, 0.1) is 17.7 Å². The predicted octanol–water partition coefficient (Wildman–Crippen LogP) is 4.72. The van der Waals surface area contributed by atoms with Gasteiger partial charge < -0.3 is 25.6 Å². The molecule has 222 valence electrons. The molecule has 1 aliphatic heterocycles. The Bertz CT molecular complexity index is 1310. The molecule has 3 aliphatic rings. The zero-order valence-electron chi connectivity index (χ0n) is 23.7. The number of ether oxygens (including phenoxy) is 1. The number of rotatable bonds is 10. The third-order valence-electron chi connectivity index (χ3n) is 8.30. The Hall–Kier alpha value is -3.91. The van der Waals surface area contributed by atoms with Crippen molar-refractivity contribution in [1.29, 1.82) is 5.26 Å². The van der Waals surface area contributed by atoms with Gasteiger partial charge in [-0.05, 0) is 56.6 Å². The molecular weight excluding hydrogens is 552 g/mol. The van der Waals surface area contributed by atoms with E-state index in [1.807, 2.05) is 17.5 Å². The molecule has 2 aromatic rings. The number of aromatic nitrogens is 1. The molecule has 0 spiro atoms. The Labute approximate surface area is 250 Å². The molecule has 1 aromatic heterocycles. The molecule has 1 aromatic carbocycles. The molecule has 3 atom stereocenters. The number of thiazole rings is 1. The average Bonchev–Trinajstić information content (AvgIpc) is 3.76. The van der Waals surface area contributed by atoms with E-state index in [2.05, 4.69) is 28.6 Å². The van der Waals surface area contributed by atoms with Crippen molar-refractivity contribution in [2.45, 2.75) is 69.5 Å². The summed E-state index contributed by atoms with van der Waals surface area (Å²) >= 11 is 1.53. The van der Waals surface area contributed by atoms with Gasteiger partial charge >= 0.3 is 6.09 Å². The number of anilines is 1. The highest BCUT2D eigenvalue weighted by Gasteiger charge is 2.37. The number of hydrogen-bond donors (Lipinski definition) is 3. The van der Waals surface area contributed by atoms with Gasteiger partial charge in [-0.3, -0.25) is 9.59 Å². The molecule has 5 rings (SSSR count). The Morgan fingerprint density at radius 3 is 2.55 bits per heavy atom. The van der Waals surface area contributed by atoms with Crippen LogP contribution in [0.1, 0.15) is 61.7 Å². The minimum atomic E-state index is -0.434. The first-order chi connectivity index (χ1) is 20.4. The molecule has 42 heavy (non-hydrogen) atoms. The number of nitrogens with one attached hydrogen (secondary N) is 3. The molecule has 0 radical (unpaired) electrons. The number of piperidine rings is 1. The van der Waals surface area contributed by atoms with Gasteiger partial charge in [0.1, 0.15) is 12.6 Å². The summed E-state index contributed by atoms with van der Waals surface area (Å²) in [7, 11) is 0. The van der Waals surface area contributed by atoms with E-state index in [-0.39, 0.29) is 48.4 Å². The van der Waals surface area contributed by atoms with E-state index in [9.17, 15) is 19.6 Å². The van der Waals surface area contributed by atoms with Crippen LogP contribution in [0.25, 0.3) is 11.3 Å². The van der Waals surface area contributed by atoms with Crippen molar-refractivity contribution in [2.24, 2.45) is 11.8 Å². The van der Waals surface area contributed by atoms with Gasteiger partial charge in [-0.1, -0.05) is 37.6 Å². The van der Waals surface area contributed by atoms with Crippen LogP contribution in [0.4, 0.5) is 9.93 Å². The monoisotopic (exact) mass is 590 g/mol. The zero-order valence-corrected chi connectivity index (χ0v) is 24.5. The second-order valence-corrected chi connectivity index (χ2v) is 12.2. The van der Waals surface area contributed by atoms with Gasteiger partial charge in [0.2, 0.25) is 5.91 Å². The maximum absolute atomic E-state index is 13.1. The van der Waals surface area contributed by atoms with Crippen molar-refractivity contribution < 1.29 is 19.1 Å². The summed E-state index contributed by atoms with van der Waals surface area (Å²) in [6.07, 6.45) is 8.19. The number of amides is 3. The Morgan fingerprint density at radius 2 is 1.86 bits per heavy atom. The van der Waals surface area contributed by atoms with Crippen LogP contribution in [0.3, 0.4) is 0 Å². The average molecular weight is 591 g/mol. The van der Waals surface area contributed by atoms with Crippen molar-refractivity contribution >= 4 is 34.4 Å². The summed E-state index contributed by atoms with van der Waals surface area (Å²) in [6.45, 7) is 5.04. The second-order valence-electron chi connectivity index (χ2n) is 11.3.